The van der Waals surface area contributed by atoms with Gasteiger partial charge < -0.3 is 10.1 Å². The number of halogens is 1. The van der Waals surface area contributed by atoms with Gasteiger partial charge in [-0.3, -0.25) is 9.78 Å². The molecule has 2 heterocycles. The molecule has 4 nitrogen and oxygen atoms in total. The molecule has 0 aliphatic carbocycles. The average molecular weight is 362 g/mol. The summed E-state index contributed by atoms with van der Waals surface area (Å²) in [6.45, 7) is 2.57. The Morgan fingerprint density at radius 3 is 2.81 bits per heavy atom. The molecular formula is C22H19FN2O2. The normalized spacial score (nSPS) is 15.6. The Hall–Kier alpha value is -3.21. The van der Waals surface area contributed by atoms with Crippen LogP contribution in [0.5, 0.6) is 5.75 Å². The number of carbonyl (C=O) groups is 1. The summed E-state index contributed by atoms with van der Waals surface area (Å²) < 4.78 is 19.1. The van der Waals surface area contributed by atoms with E-state index in [2.05, 4.69) is 10.3 Å². The van der Waals surface area contributed by atoms with Gasteiger partial charge in [0.2, 0.25) is 0 Å². The van der Waals surface area contributed by atoms with Crippen LogP contribution in [0.4, 0.5) is 4.39 Å². The minimum Gasteiger partial charge on any atom is -0.493 e. The predicted molar refractivity (Wildman–Crippen MR) is 101 cm³/mol. The average Bonchev–Trinajstić information content (AvgIpc) is 2.69. The molecule has 0 saturated carbocycles. The first-order valence-corrected chi connectivity index (χ1v) is 8.87. The summed E-state index contributed by atoms with van der Waals surface area (Å²) in [5.41, 5.74) is 3.83. The van der Waals surface area contributed by atoms with E-state index < -0.39 is 0 Å². The van der Waals surface area contributed by atoms with Crippen molar-refractivity contribution >= 4 is 5.91 Å². The predicted octanol–water partition coefficient (Wildman–Crippen LogP) is 4.45. The minimum atomic E-state index is -0.315. The van der Waals surface area contributed by atoms with Crippen LogP contribution in [-0.4, -0.2) is 17.5 Å². The zero-order chi connectivity index (χ0) is 18.8. The number of benzene rings is 2. The van der Waals surface area contributed by atoms with Gasteiger partial charge in [-0.15, -0.1) is 0 Å². The van der Waals surface area contributed by atoms with Gasteiger partial charge in [0.25, 0.3) is 5.91 Å². The van der Waals surface area contributed by atoms with Crippen LogP contribution in [-0.2, 0) is 0 Å². The van der Waals surface area contributed by atoms with Crippen LogP contribution in [0.15, 0.2) is 60.8 Å². The number of fused-ring (bicyclic) bond motifs is 1. The quantitative estimate of drug-likeness (QED) is 0.749. The Labute approximate surface area is 157 Å². The van der Waals surface area contributed by atoms with Gasteiger partial charge in [0.05, 0.1) is 23.9 Å². The van der Waals surface area contributed by atoms with Crippen molar-refractivity contribution in [3.63, 3.8) is 0 Å². The van der Waals surface area contributed by atoms with E-state index in [0.29, 0.717) is 23.4 Å². The summed E-state index contributed by atoms with van der Waals surface area (Å²) in [5.74, 6) is 0.353. The smallest absolute Gasteiger partial charge is 0.253 e. The van der Waals surface area contributed by atoms with Crippen molar-refractivity contribution in [2.24, 2.45) is 0 Å². The molecule has 4 rings (SSSR count). The highest BCUT2D eigenvalue weighted by Gasteiger charge is 2.24. The van der Waals surface area contributed by atoms with Crippen molar-refractivity contribution in [1.82, 2.24) is 10.3 Å². The van der Waals surface area contributed by atoms with Gasteiger partial charge in [-0.2, -0.15) is 0 Å². The van der Waals surface area contributed by atoms with E-state index in [-0.39, 0.29) is 17.8 Å². The van der Waals surface area contributed by atoms with Crippen LogP contribution in [0.1, 0.15) is 33.9 Å². The van der Waals surface area contributed by atoms with Crippen molar-refractivity contribution in [3.8, 4) is 17.0 Å². The summed E-state index contributed by atoms with van der Waals surface area (Å²) in [6, 6.07) is 15.5. The third-order valence-electron chi connectivity index (χ3n) is 4.72. The maximum atomic E-state index is 13.4. The molecule has 0 spiro atoms. The number of para-hydroxylation sites is 1. The third-order valence-corrected chi connectivity index (χ3v) is 4.72. The number of hydrogen-bond acceptors (Lipinski definition) is 3. The molecule has 0 radical (unpaired) electrons. The topological polar surface area (TPSA) is 51.2 Å². The molecule has 1 unspecified atom stereocenters. The maximum Gasteiger partial charge on any atom is 0.253 e. The number of ether oxygens (including phenoxy) is 1. The zero-order valence-electron chi connectivity index (χ0n) is 14.9. The van der Waals surface area contributed by atoms with Crippen molar-refractivity contribution in [2.45, 2.75) is 19.4 Å². The largest absolute Gasteiger partial charge is 0.493 e. The van der Waals surface area contributed by atoms with Gasteiger partial charge in [0, 0.05) is 23.7 Å². The second kappa shape index (κ2) is 7.19. The van der Waals surface area contributed by atoms with E-state index in [9.17, 15) is 9.18 Å². The van der Waals surface area contributed by atoms with Gasteiger partial charge in [0.15, 0.2) is 0 Å². The van der Waals surface area contributed by atoms with Gasteiger partial charge in [0.1, 0.15) is 11.6 Å². The fourth-order valence-electron chi connectivity index (χ4n) is 3.32. The molecule has 0 bridgehead atoms. The van der Waals surface area contributed by atoms with Gasteiger partial charge in [-0.1, -0.05) is 30.3 Å². The van der Waals surface area contributed by atoms with Crippen molar-refractivity contribution in [3.05, 3.63) is 83.3 Å². The Balaban J connectivity index is 1.52. The zero-order valence-corrected chi connectivity index (χ0v) is 14.9. The van der Waals surface area contributed by atoms with E-state index >= 15 is 0 Å². The van der Waals surface area contributed by atoms with E-state index in [4.69, 9.17) is 4.74 Å². The molecule has 0 saturated heterocycles. The molecule has 136 valence electrons. The summed E-state index contributed by atoms with van der Waals surface area (Å²) in [7, 11) is 0. The lowest BCUT2D eigenvalue weighted by molar-refractivity contribution is 0.0924. The molecule has 27 heavy (non-hydrogen) atoms. The van der Waals surface area contributed by atoms with Crippen LogP contribution in [0, 0.1) is 12.7 Å². The first-order valence-electron chi connectivity index (χ1n) is 8.87. The lowest BCUT2D eigenvalue weighted by Gasteiger charge is -2.27. The summed E-state index contributed by atoms with van der Waals surface area (Å²) in [5, 5.41) is 3.07. The molecule has 2 aromatic carbocycles. The molecule has 1 N–H and O–H groups in total. The van der Waals surface area contributed by atoms with Crippen LogP contribution in [0.2, 0.25) is 0 Å². The molecule has 3 aromatic rings. The number of aromatic nitrogens is 1. The molecule has 1 atom stereocenters. The fraction of sp³-hybridized carbons (Fsp3) is 0.182. The summed E-state index contributed by atoms with van der Waals surface area (Å²) in [6.07, 6.45) is 2.24. The number of pyridine rings is 1. The third kappa shape index (κ3) is 3.53. The SMILES string of the molecule is Cc1cccc2c1OCCC2NC(=O)c1ccc(-c2cccc(F)c2)nc1. The number of nitrogens with one attached hydrogen (secondary N) is 1. The van der Waals surface area contributed by atoms with Crippen molar-refractivity contribution < 1.29 is 13.9 Å². The lowest BCUT2D eigenvalue weighted by Crippen LogP contribution is -2.32. The van der Waals surface area contributed by atoms with Gasteiger partial charge in [-0.25, -0.2) is 4.39 Å². The fourth-order valence-corrected chi connectivity index (χ4v) is 3.32. The molecular weight excluding hydrogens is 343 g/mol. The monoisotopic (exact) mass is 362 g/mol. The first kappa shape index (κ1) is 17.2. The van der Waals surface area contributed by atoms with Crippen molar-refractivity contribution in [2.75, 3.05) is 6.61 Å². The van der Waals surface area contributed by atoms with Gasteiger partial charge in [-0.05, 0) is 36.8 Å². The summed E-state index contributed by atoms with van der Waals surface area (Å²) in [4.78, 5) is 17.0. The van der Waals surface area contributed by atoms with Crippen molar-refractivity contribution in [1.29, 1.82) is 0 Å². The first-order chi connectivity index (χ1) is 13.1. The molecule has 0 fully saturated rings. The highest BCUT2D eigenvalue weighted by Crippen LogP contribution is 2.34. The van der Waals surface area contributed by atoms with E-state index in [1.54, 1.807) is 24.3 Å². The van der Waals surface area contributed by atoms with Crippen LogP contribution >= 0.6 is 0 Å². The second-order valence-corrected chi connectivity index (χ2v) is 6.60. The standard InChI is InChI=1S/C22H19FN2O2/c1-14-4-2-7-18-20(10-11-27-21(14)18)25-22(26)16-8-9-19(24-13-16)15-5-3-6-17(23)12-15/h2-9,12-13,20H,10-11H2,1H3,(H,25,26). The van der Waals surface area contributed by atoms with Crippen LogP contribution in [0.3, 0.4) is 0 Å². The summed E-state index contributed by atoms with van der Waals surface area (Å²) >= 11 is 0. The molecule has 1 aliphatic rings. The van der Waals surface area contributed by atoms with Crippen LogP contribution in [0.25, 0.3) is 11.3 Å². The lowest BCUT2D eigenvalue weighted by atomic mass is 9.97. The maximum absolute atomic E-state index is 13.4. The van der Waals surface area contributed by atoms with E-state index in [0.717, 1.165) is 23.3 Å². The molecule has 1 aliphatic heterocycles. The number of aryl methyl sites for hydroxylation is 1. The molecule has 1 amide bonds. The Kier molecular flexibility index (Phi) is 4.59. The number of hydrogen-bond donors (Lipinski definition) is 1. The number of rotatable bonds is 3. The van der Waals surface area contributed by atoms with Crippen LogP contribution < -0.4 is 10.1 Å². The van der Waals surface area contributed by atoms with E-state index in [1.807, 2.05) is 25.1 Å². The number of amides is 1. The molecule has 5 heteroatoms. The number of nitrogens with zero attached hydrogens (tertiary/aromatic N) is 1. The number of carbonyl (C=O) groups excluding carboxylic acids is 1. The van der Waals surface area contributed by atoms with E-state index in [1.165, 1.54) is 18.3 Å². The van der Waals surface area contributed by atoms with Gasteiger partial charge >= 0.3 is 0 Å². The highest BCUT2D eigenvalue weighted by molar-refractivity contribution is 5.94. The Morgan fingerprint density at radius 2 is 2.04 bits per heavy atom. The Morgan fingerprint density at radius 1 is 1.19 bits per heavy atom. The second-order valence-electron chi connectivity index (χ2n) is 6.60. The minimum absolute atomic E-state index is 0.0935. The highest BCUT2D eigenvalue weighted by atomic mass is 19.1. The Bertz CT molecular complexity index is 986. The molecule has 1 aromatic heterocycles.